The van der Waals surface area contributed by atoms with Crippen LogP contribution < -0.4 is 5.43 Å². The first-order valence-corrected chi connectivity index (χ1v) is 12.8. The van der Waals surface area contributed by atoms with Crippen LogP contribution in [0.4, 0.5) is 0 Å². The predicted molar refractivity (Wildman–Crippen MR) is 143 cm³/mol. The third-order valence-corrected chi connectivity index (χ3v) is 6.61. The number of nitrogens with zero attached hydrogens (tertiary/aromatic N) is 4. The van der Waals surface area contributed by atoms with Gasteiger partial charge in [0.25, 0.3) is 5.91 Å². The average Bonchev–Trinajstić information content (AvgIpc) is 3.21. The van der Waals surface area contributed by atoms with E-state index >= 15 is 0 Å². The van der Waals surface area contributed by atoms with Crippen LogP contribution in [-0.4, -0.2) is 33.8 Å². The number of hydrogen-bond donors (Lipinski definition) is 1. The summed E-state index contributed by atoms with van der Waals surface area (Å²) in [6.45, 7) is 3.57. The van der Waals surface area contributed by atoms with Gasteiger partial charge in [-0.3, -0.25) is 10.2 Å². The first-order chi connectivity index (χ1) is 17.5. The standard InChI is InChI=1S/C28H27Cl2N5O/c1-20-26(28(36)33-34-17-7-4-8-18-34)32-35(25-15-14-23(29)19-24(25)30)27(20)22-12-10-21(11-13-22)9-5-2-3-6-16-31/h10-15,19H,2-4,6-8,17-18H2,1H3,(H,33,36). The molecule has 36 heavy (non-hydrogen) atoms. The predicted octanol–water partition coefficient (Wildman–Crippen LogP) is 6.33. The van der Waals surface area contributed by atoms with Crippen molar-refractivity contribution in [3.05, 3.63) is 69.3 Å². The molecule has 0 atom stereocenters. The molecule has 0 spiro atoms. The van der Waals surface area contributed by atoms with E-state index in [2.05, 4.69) is 23.3 Å². The Bertz CT molecular complexity index is 1340. The Morgan fingerprint density at radius 3 is 2.53 bits per heavy atom. The number of benzene rings is 2. The van der Waals surface area contributed by atoms with E-state index in [4.69, 9.17) is 33.6 Å². The molecule has 1 N–H and O–H groups in total. The quantitative estimate of drug-likeness (QED) is 0.305. The lowest BCUT2D eigenvalue weighted by atomic mass is 10.0. The number of hydrazine groups is 1. The van der Waals surface area contributed by atoms with Crippen LogP contribution in [0.25, 0.3) is 16.9 Å². The maximum Gasteiger partial charge on any atom is 0.286 e. The lowest BCUT2D eigenvalue weighted by molar-refractivity contribution is 0.0743. The number of nitriles is 1. The molecular formula is C28H27Cl2N5O. The molecule has 1 aliphatic rings. The molecule has 4 rings (SSSR count). The topological polar surface area (TPSA) is 74.0 Å². The van der Waals surface area contributed by atoms with Crippen molar-refractivity contribution in [3.8, 4) is 34.9 Å². The molecule has 1 aliphatic heterocycles. The second-order valence-electron chi connectivity index (χ2n) is 8.71. The third-order valence-electron chi connectivity index (χ3n) is 6.07. The number of piperidine rings is 1. The molecule has 1 fully saturated rings. The monoisotopic (exact) mass is 519 g/mol. The molecule has 184 valence electrons. The fraction of sp³-hybridized carbons (Fsp3) is 0.321. The summed E-state index contributed by atoms with van der Waals surface area (Å²) in [6.07, 6.45) is 5.27. The fourth-order valence-electron chi connectivity index (χ4n) is 4.21. The molecule has 0 saturated carbocycles. The van der Waals surface area contributed by atoms with E-state index in [0.29, 0.717) is 34.3 Å². The van der Waals surface area contributed by atoms with Crippen molar-refractivity contribution in [2.45, 2.75) is 45.4 Å². The van der Waals surface area contributed by atoms with E-state index in [0.717, 1.165) is 54.7 Å². The molecule has 0 aliphatic carbocycles. The van der Waals surface area contributed by atoms with Gasteiger partial charge in [0.1, 0.15) is 0 Å². The van der Waals surface area contributed by atoms with Crippen LogP contribution in [0, 0.1) is 30.1 Å². The Kier molecular flexibility index (Phi) is 8.67. The zero-order chi connectivity index (χ0) is 25.5. The minimum atomic E-state index is -0.237. The number of hydrogen-bond acceptors (Lipinski definition) is 4. The number of halogens is 2. The molecule has 6 nitrogen and oxygen atoms in total. The van der Waals surface area contributed by atoms with Crippen LogP contribution in [0.1, 0.15) is 60.1 Å². The van der Waals surface area contributed by atoms with Gasteiger partial charge in [-0.15, -0.1) is 0 Å². The van der Waals surface area contributed by atoms with Gasteiger partial charge < -0.3 is 0 Å². The van der Waals surface area contributed by atoms with Crippen molar-refractivity contribution in [3.63, 3.8) is 0 Å². The Hall–Kier alpha value is -3.29. The number of rotatable bonds is 6. The normalized spacial score (nSPS) is 13.5. The highest BCUT2D eigenvalue weighted by Gasteiger charge is 2.24. The molecule has 1 amide bonds. The summed E-state index contributed by atoms with van der Waals surface area (Å²) in [6, 6.07) is 15.2. The Morgan fingerprint density at radius 1 is 1.08 bits per heavy atom. The highest BCUT2D eigenvalue weighted by molar-refractivity contribution is 6.35. The van der Waals surface area contributed by atoms with E-state index in [1.165, 1.54) is 6.42 Å². The van der Waals surface area contributed by atoms with Crippen LogP contribution in [0.2, 0.25) is 10.0 Å². The SMILES string of the molecule is Cc1c(C(=O)NN2CCCCC2)nn(-c2ccc(Cl)cc2Cl)c1-c1ccc(C#CCCCC#N)cc1. The second kappa shape index (κ2) is 12.1. The maximum absolute atomic E-state index is 13.2. The van der Waals surface area contributed by atoms with E-state index < -0.39 is 0 Å². The van der Waals surface area contributed by atoms with Gasteiger partial charge in [0.05, 0.1) is 22.5 Å². The van der Waals surface area contributed by atoms with Crippen molar-refractivity contribution in [1.82, 2.24) is 20.2 Å². The van der Waals surface area contributed by atoms with Crippen LogP contribution in [0.15, 0.2) is 42.5 Å². The zero-order valence-corrected chi connectivity index (χ0v) is 21.7. The Labute approximate surface area is 221 Å². The molecule has 3 aromatic rings. The van der Waals surface area contributed by atoms with Crippen molar-refractivity contribution in [2.75, 3.05) is 13.1 Å². The smallest absolute Gasteiger partial charge is 0.283 e. The summed E-state index contributed by atoms with van der Waals surface area (Å²) in [5, 5.41) is 16.3. The summed E-state index contributed by atoms with van der Waals surface area (Å²) >= 11 is 12.7. The molecule has 2 heterocycles. The van der Waals surface area contributed by atoms with E-state index in [1.54, 1.807) is 22.9 Å². The molecule has 1 saturated heterocycles. The summed E-state index contributed by atoms with van der Waals surface area (Å²) < 4.78 is 1.71. The highest BCUT2D eigenvalue weighted by Crippen LogP contribution is 2.33. The van der Waals surface area contributed by atoms with Gasteiger partial charge in [-0.25, -0.2) is 9.69 Å². The fourth-order valence-corrected chi connectivity index (χ4v) is 4.70. The minimum absolute atomic E-state index is 0.237. The van der Waals surface area contributed by atoms with E-state index in [-0.39, 0.29) is 5.91 Å². The molecular weight excluding hydrogens is 493 g/mol. The minimum Gasteiger partial charge on any atom is -0.283 e. The van der Waals surface area contributed by atoms with Crippen LogP contribution >= 0.6 is 23.2 Å². The Morgan fingerprint density at radius 2 is 1.83 bits per heavy atom. The van der Waals surface area contributed by atoms with Crippen LogP contribution in [-0.2, 0) is 0 Å². The first-order valence-electron chi connectivity index (χ1n) is 12.0. The van der Waals surface area contributed by atoms with Gasteiger partial charge in [0.2, 0.25) is 0 Å². The lowest BCUT2D eigenvalue weighted by Crippen LogP contribution is -2.45. The van der Waals surface area contributed by atoms with Gasteiger partial charge >= 0.3 is 0 Å². The van der Waals surface area contributed by atoms with E-state index in [1.807, 2.05) is 36.2 Å². The zero-order valence-electron chi connectivity index (χ0n) is 20.2. The molecule has 0 unspecified atom stereocenters. The Balaban J connectivity index is 1.70. The first kappa shape index (κ1) is 25.8. The maximum atomic E-state index is 13.2. The van der Waals surface area contributed by atoms with Crippen molar-refractivity contribution in [1.29, 1.82) is 5.26 Å². The van der Waals surface area contributed by atoms with E-state index in [9.17, 15) is 4.79 Å². The van der Waals surface area contributed by atoms with Crippen molar-refractivity contribution in [2.24, 2.45) is 0 Å². The molecule has 0 bridgehead atoms. The molecule has 8 heteroatoms. The van der Waals surface area contributed by atoms with Gasteiger partial charge in [-0.05, 0) is 56.5 Å². The largest absolute Gasteiger partial charge is 0.286 e. The van der Waals surface area contributed by atoms with Gasteiger partial charge in [0.15, 0.2) is 5.69 Å². The number of carbonyl (C=O) groups excluding carboxylic acids is 1. The number of amides is 1. The third kappa shape index (κ3) is 6.09. The van der Waals surface area contributed by atoms with Crippen molar-refractivity contribution < 1.29 is 4.79 Å². The number of aromatic nitrogens is 2. The summed E-state index contributed by atoms with van der Waals surface area (Å²) in [5.41, 5.74) is 7.30. The average molecular weight is 520 g/mol. The van der Waals surface area contributed by atoms with Gasteiger partial charge in [-0.2, -0.15) is 10.4 Å². The second-order valence-corrected chi connectivity index (χ2v) is 9.55. The summed E-state index contributed by atoms with van der Waals surface area (Å²) in [5.74, 6) is 6.01. The number of unbranched alkanes of at least 4 members (excludes halogenated alkanes) is 2. The number of nitrogens with one attached hydrogen (secondary N) is 1. The van der Waals surface area contributed by atoms with Crippen LogP contribution in [0.3, 0.4) is 0 Å². The molecule has 1 aromatic heterocycles. The molecule has 0 radical (unpaired) electrons. The summed E-state index contributed by atoms with van der Waals surface area (Å²) in [4.78, 5) is 13.2. The van der Waals surface area contributed by atoms with Gasteiger partial charge in [-0.1, -0.05) is 53.6 Å². The van der Waals surface area contributed by atoms with Crippen LogP contribution in [0.5, 0.6) is 0 Å². The number of carbonyl (C=O) groups is 1. The lowest BCUT2D eigenvalue weighted by Gasteiger charge is -2.26. The van der Waals surface area contributed by atoms with Crippen molar-refractivity contribution >= 4 is 29.1 Å². The van der Waals surface area contributed by atoms with Gasteiger partial charge in [0, 0.05) is 47.6 Å². The highest BCUT2D eigenvalue weighted by atomic mass is 35.5. The summed E-state index contributed by atoms with van der Waals surface area (Å²) in [7, 11) is 0. The molecule has 2 aromatic carbocycles.